The van der Waals surface area contributed by atoms with E-state index in [0.29, 0.717) is 15.9 Å². The number of carbonyl (C=O) groups excluding carboxylic acids is 1. The van der Waals surface area contributed by atoms with E-state index in [1.54, 1.807) is 6.07 Å². The van der Waals surface area contributed by atoms with Gasteiger partial charge in [0, 0.05) is 17.5 Å². The average Bonchev–Trinajstić information content (AvgIpc) is 3.27. The number of esters is 1. The monoisotopic (exact) mass is 475 g/mol. The van der Waals surface area contributed by atoms with Gasteiger partial charge in [-0.2, -0.15) is 23.4 Å². The van der Waals surface area contributed by atoms with Crippen LogP contribution >= 0.6 is 0 Å². The van der Waals surface area contributed by atoms with Crippen LogP contribution in [-0.4, -0.2) is 34.6 Å². The van der Waals surface area contributed by atoms with Gasteiger partial charge >= 0.3 is 12.1 Å². The van der Waals surface area contributed by atoms with Crippen LogP contribution in [-0.2, 0) is 10.9 Å². The summed E-state index contributed by atoms with van der Waals surface area (Å²) in [6, 6.07) is 10.2. The van der Waals surface area contributed by atoms with Crippen LogP contribution in [0.4, 0.5) is 18.9 Å². The minimum atomic E-state index is -4.84. The van der Waals surface area contributed by atoms with Crippen molar-refractivity contribution >= 4 is 17.4 Å². The Morgan fingerprint density at radius 2 is 1.97 bits per heavy atom. The number of anilines is 1. The summed E-state index contributed by atoms with van der Waals surface area (Å²) in [5.41, 5.74) is 6.76. The first-order valence-corrected chi connectivity index (χ1v) is 9.84. The number of hydrogen-bond donors (Lipinski definition) is 3. The summed E-state index contributed by atoms with van der Waals surface area (Å²) in [7, 11) is 1.39. The highest BCUT2D eigenvalue weighted by molar-refractivity contribution is 5.90. The van der Waals surface area contributed by atoms with E-state index in [0.717, 1.165) is 6.20 Å². The second kappa shape index (κ2) is 10.1. The number of benzene rings is 2. The number of phenols is 1. The van der Waals surface area contributed by atoms with E-state index >= 15 is 0 Å². The zero-order chi connectivity index (χ0) is 24.9. The Balaban J connectivity index is 1.87. The molecule has 0 spiro atoms. The van der Waals surface area contributed by atoms with E-state index in [-0.39, 0.29) is 29.5 Å². The molecule has 2 aromatic carbocycles. The van der Waals surface area contributed by atoms with Crippen molar-refractivity contribution in [2.45, 2.75) is 13.1 Å². The molecule has 0 aliphatic heterocycles. The van der Waals surface area contributed by atoms with Gasteiger partial charge in [0.15, 0.2) is 17.2 Å². The SMILES string of the molecule is CCOC(=O)c1cnn(-c2ccc(N/C=C(\N=N)c3ccc(O)c(OC)c3)cc2)c1C(F)(F)F. The van der Waals surface area contributed by atoms with Gasteiger partial charge in [0.25, 0.3) is 0 Å². The Morgan fingerprint density at radius 1 is 1.26 bits per heavy atom. The normalized spacial score (nSPS) is 11.7. The molecule has 0 atom stereocenters. The van der Waals surface area contributed by atoms with Crippen LogP contribution in [0.2, 0.25) is 0 Å². The first kappa shape index (κ1) is 24.3. The van der Waals surface area contributed by atoms with Gasteiger partial charge < -0.3 is 19.9 Å². The minimum absolute atomic E-state index is 0.0675. The van der Waals surface area contributed by atoms with Crippen LogP contribution in [0.1, 0.15) is 28.5 Å². The molecule has 3 rings (SSSR count). The fourth-order valence-electron chi connectivity index (χ4n) is 3.04. The fraction of sp³-hybridized carbons (Fsp3) is 0.182. The molecular formula is C22H20F3N5O4. The summed E-state index contributed by atoms with van der Waals surface area (Å²) < 4.78 is 51.3. The van der Waals surface area contributed by atoms with Crippen molar-refractivity contribution in [3.63, 3.8) is 0 Å². The third-order valence-electron chi connectivity index (χ3n) is 4.62. The van der Waals surface area contributed by atoms with Gasteiger partial charge in [-0.3, -0.25) is 0 Å². The molecule has 0 radical (unpaired) electrons. The van der Waals surface area contributed by atoms with Crippen molar-refractivity contribution in [3.8, 4) is 17.2 Å². The number of hydrogen-bond acceptors (Lipinski definition) is 8. The summed E-state index contributed by atoms with van der Waals surface area (Å²) in [5, 5.41) is 19.8. The molecule has 1 heterocycles. The highest BCUT2D eigenvalue weighted by Gasteiger charge is 2.41. The fourth-order valence-corrected chi connectivity index (χ4v) is 3.04. The molecule has 0 fully saturated rings. The largest absolute Gasteiger partial charge is 0.504 e. The average molecular weight is 475 g/mol. The number of carbonyl (C=O) groups is 1. The predicted octanol–water partition coefficient (Wildman–Crippen LogP) is 5.22. The van der Waals surface area contributed by atoms with Gasteiger partial charge in [0.05, 0.1) is 25.6 Å². The lowest BCUT2D eigenvalue weighted by Crippen LogP contribution is -2.18. The molecule has 0 unspecified atom stereocenters. The zero-order valence-electron chi connectivity index (χ0n) is 18.1. The van der Waals surface area contributed by atoms with Crippen molar-refractivity contribution in [2.75, 3.05) is 19.0 Å². The van der Waals surface area contributed by atoms with Crippen molar-refractivity contribution in [1.82, 2.24) is 9.78 Å². The first-order chi connectivity index (χ1) is 16.2. The Bertz CT molecular complexity index is 1220. The molecule has 0 aliphatic carbocycles. The molecule has 3 N–H and O–H groups in total. The zero-order valence-corrected chi connectivity index (χ0v) is 18.1. The predicted molar refractivity (Wildman–Crippen MR) is 116 cm³/mol. The molecule has 9 nitrogen and oxygen atoms in total. The molecule has 0 saturated carbocycles. The van der Waals surface area contributed by atoms with E-state index in [1.807, 2.05) is 0 Å². The summed E-state index contributed by atoms with van der Waals surface area (Å²) >= 11 is 0. The van der Waals surface area contributed by atoms with E-state index in [1.165, 1.54) is 56.6 Å². The second-order valence-electron chi connectivity index (χ2n) is 6.76. The minimum Gasteiger partial charge on any atom is -0.504 e. The second-order valence-corrected chi connectivity index (χ2v) is 6.76. The summed E-state index contributed by atoms with van der Waals surface area (Å²) in [5.74, 6) is -0.970. The highest BCUT2D eigenvalue weighted by Crippen LogP contribution is 2.34. The van der Waals surface area contributed by atoms with Crippen molar-refractivity contribution < 1.29 is 32.5 Å². The molecule has 3 aromatic rings. The lowest BCUT2D eigenvalue weighted by atomic mass is 10.1. The maximum Gasteiger partial charge on any atom is 0.434 e. The van der Waals surface area contributed by atoms with Crippen LogP contribution < -0.4 is 10.1 Å². The number of nitrogens with one attached hydrogen (secondary N) is 2. The van der Waals surface area contributed by atoms with Crippen molar-refractivity contribution in [1.29, 1.82) is 5.53 Å². The smallest absolute Gasteiger partial charge is 0.434 e. The Morgan fingerprint density at radius 3 is 2.56 bits per heavy atom. The number of alkyl halides is 3. The van der Waals surface area contributed by atoms with Gasteiger partial charge in [-0.15, -0.1) is 0 Å². The van der Waals surface area contributed by atoms with Crippen molar-refractivity contribution in [3.05, 3.63) is 71.7 Å². The summed E-state index contributed by atoms with van der Waals surface area (Å²) in [6.45, 7) is 1.42. The standard InChI is InChI=1S/C22H20F3N5O4/c1-3-34-21(32)16-11-28-30(20(16)22(23,24)25)15-7-5-14(6-8-15)27-12-17(29-26)13-4-9-18(31)19(10-13)33-2/h4-12,26-27,31H,3H2,1-2H3/b17-12-,29-26?. The molecule has 12 heteroatoms. The first-order valence-electron chi connectivity index (χ1n) is 9.84. The lowest BCUT2D eigenvalue weighted by molar-refractivity contribution is -0.143. The number of methoxy groups -OCH3 is 1. The van der Waals surface area contributed by atoms with Gasteiger partial charge in [0.2, 0.25) is 0 Å². The van der Waals surface area contributed by atoms with Crippen LogP contribution in [0.3, 0.4) is 0 Å². The van der Waals surface area contributed by atoms with E-state index < -0.39 is 23.4 Å². The maximum absolute atomic E-state index is 13.7. The molecule has 1 aromatic heterocycles. The molecule has 0 amide bonds. The van der Waals surface area contributed by atoms with E-state index in [4.69, 9.17) is 15.0 Å². The Hall–Kier alpha value is -4.35. The molecule has 0 saturated heterocycles. The van der Waals surface area contributed by atoms with Crippen LogP contribution in [0.5, 0.6) is 11.5 Å². The van der Waals surface area contributed by atoms with Crippen molar-refractivity contribution in [2.24, 2.45) is 5.11 Å². The summed E-state index contributed by atoms with van der Waals surface area (Å²) in [6.07, 6.45) is -2.60. The molecule has 34 heavy (non-hydrogen) atoms. The third kappa shape index (κ3) is 5.17. The number of rotatable bonds is 8. The summed E-state index contributed by atoms with van der Waals surface area (Å²) in [4.78, 5) is 11.9. The van der Waals surface area contributed by atoms with E-state index in [2.05, 4.69) is 15.5 Å². The molecular weight excluding hydrogens is 455 g/mol. The Labute approximate surface area is 191 Å². The number of halogens is 3. The van der Waals surface area contributed by atoms with Crippen LogP contribution in [0.25, 0.3) is 11.4 Å². The Kier molecular flexibility index (Phi) is 7.19. The number of phenolic OH excluding ortho intramolecular Hbond substituents is 1. The van der Waals surface area contributed by atoms with Gasteiger partial charge in [-0.05, 0) is 49.4 Å². The molecule has 0 aliphatic rings. The number of aromatic hydroxyl groups is 1. The molecule has 0 bridgehead atoms. The van der Waals surface area contributed by atoms with Gasteiger partial charge in [-0.1, -0.05) is 0 Å². The quantitative estimate of drug-likeness (QED) is 0.303. The van der Waals surface area contributed by atoms with E-state index in [9.17, 15) is 23.1 Å². The number of ether oxygens (including phenoxy) is 2. The van der Waals surface area contributed by atoms with Crippen LogP contribution in [0.15, 0.2) is 60.0 Å². The molecule has 178 valence electrons. The maximum atomic E-state index is 13.7. The van der Waals surface area contributed by atoms with Gasteiger partial charge in [-0.25, -0.2) is 15.0 Å². The highest BCUT2D eigenvalue weighted by atomic mass is 19.4. The topological polar surface area (TPSA) is 122 Å². The number of nitrogens with zero attached hydrogens (tertiary/aromatic N) is 3. The lowest BCUT2D eigenvalue weighted by Gasteiger charge is -2.13. The number of aromatic nitrogens is 2. The van der Waals surface area contributed by atoms with Gasteiger partial charge in [0.1, 0.15) is 11.3 Å². The third-order valence-corrected chi connectivity index (χ3v) is 4.62. The van der Waals surface area contributed by atoms with Crippen LogP contribution in [0, 0.1) is 5.53 Å².